The van der Waals surface area contributed by atoms with Crippen LogP contribution in [0.1, 0.15) is 18.9 Å². The van der Waals surface area contributed by atoms with Crippen LogP contribution in [0.4, 0.5) is 0 Å². The molecule has 3 amide bonds. The van der Waals surface area contributed by atoms with Crippen LogP contribution < -0.4 is 21.7 Å². The Kier molecular flexibility index (Phi) is 11.2. The van der Waals surface area contributed by atoms with Gasteiger partial charge in [0.25, 0.3) is 0 Å². The molecule has 5 unspecified atom stereocenters. The fourth-order valence-corrected chi connectivity index (χ4v) is 3.98. The average Bonchev–Trinajstić information content (AvgIpc) is 3.26. The van der Waals surface area contributed by atoms with Gasteiger partial charge in [0.15, 0.2) is 6.04 Å². The smallest absolute Gasteiger partial charge is 0.328 e. The summed E-state index contributed by atoms with van der Waals surface area (Å²) < 4.78 is 0. The third-order valence-electron chi connectivity index (χ3n) is 5.56. The minimum Gasteiger partial charge on any atom is -0.480 e. The number of aliphatic hydroxyl groups is 2. The number of hydrogen-bond donors (Lipinski definition) is 8. The Morgan fingerprint density at radius 1 is 1.06 bits per heavy atom. The van der Waals surface area contributed by atoms with Crippen molar-refractivity contribution >= 4 is 46.4 Å². The molecule has 198 valence electrons. The summed E-state index contributed by atoms with van der Waals surface area (Å²) in [6, 6.07) is 2.31. The van der Waals surface area contributed by atoms with Crippen LogP contribution in [0.2, 0.25) is 0 Å². The number of aromatic amines is 1. The van der Waals surface area contributed by atoms with Gasteiger partial charge in [0.2, 0.25) is 17.7 Å². The van der Waals surface area contributed by atoms with Crippen molar-refractivity contribution in [3.63, 3.8) is 0 Å². The van der Waals surface area contributed by atoms with Crippen LogP contribution in [0, 0.1) is 0 Å². The molecule has 0 fully saturated rings. The topological polar surface area (TPSA) is 207 Å². The molecule has 0 radical (unpaired) electrons. The monoisotopic (exact) mass is 523 g/mol. The van der Waals surface area contributed by atoms with E-state index in [0.717, 1.165) is 16.5 Å². The molecule has 0 aliphatic carbocycles. The minimum atomic E-state index is -1.56. The lowest BCUT2D eigenvalue weighted by molar-refractivity contribution is -0.145. The maximum atomic E-state index is 13.3. The van der Waals surface area contributed by atoms with Crippen LogP contribution in [-0.2, 0) is 25.6 Å². The summed E-state index contributed by atoms with van der Waals surface area (Å²) >= 11 is 1.42. The molecular weight excluding hydrogens is 490 g/mol. The van der Waals surface area contributed by atoms with Gasteiger partial charge in [-0.05, 0) is 37.0 Å². The Morgan fingerprint density at radius 3 is 2.31 bits per heavy atom. The number of nitrogens with one attached hydrogen (secondary N) is 4. The van der Waals surface area contributed by atoms with E-state index in [2.05, 4.69) is 20.9 Å². The van der Waals surface area contributed by atoms with Gasteiger partial charge in [-0.3, -0.25) is 14.4 Å². The number of para-hydroxylation sites is 1. The molecule has 0 saturated carbocycles. The Balaban J connectivity index is 2.28. The van der Waals surface area contributed by atoms with Crippen molar-refractivity contribution in [3.05, 3.63) is 36.0 Å². The van der Waals surface area contributed by atoms with E-state index in [0.29, 0.717) is 5.75 Å². The van der Waals surface area contributed by atoms with Gasteiger partial charge in [-0.2, -0.15) is 11.8 Å². The maximum absolute atomic E-state index is 13.3. The molecule has 1 heterocycles. The van der Waals surface area contributed by atoms with Gasteiger partial charge in [0.05, 0.1) is 12.7 Å². The molecule has 1 aromatic heterocycles. The summed E-state index contributed by atoms with van der Waals surface area (Å²) in [5, 5.41) is 36.4. The van der Waals surface area contributed by atoms with Gasteiger partial charge in [-0.15, -0.1) is 0 Å². The number of benzene rings is 1. The second kappa shape index (κ2) is 13.8. The lowest BCUT2D eigenvalue weighted by Crippen LogP contribution is -2.59. The van der Waals surface area contributed by atoms with Gasteiger partial charge in [0, 0.05) is 23.5 Å². The lowest BCUT2D eigenvalue weighted by atomic mass is 10.0. The molecule has 0 saturated heterocycles. The largest absolute Gasteiger partial charge is 0.480 e. The standard InChI is InChI=1S/C23H33N5O7S/c1-12(30)19(23(34)35)28-21(32)17(7-8-36-2)26-22(33)18(27-20(31)15(24)11-29)9-13-10-25-16-6-4-3-5-14(13)16/h3-6,10,12,15,17-19,25,29-30H,7-9,11,24H2,1-2H3,(H,26,33)(H,27,31)(H,28,32)(H,34,35). The first-order valence-corrected chi connectivity index (χ1v) is 12.7. The van der Waals surface area contributed by atoms with E-state index in [1.54, 1.807) is 6.20 Å². The molecule has 1 aromatic carbocycles. The van der Waals surface area contributed by atoms with Gasteiger partial charge in [-0.25, -0.2) is 4.79 Å². The Labute approximate surface area is 212 Å². The van der Waals surface area contributed by atoms with Crippen LogP contribution >= 0.6 is 11.8 Å². The van der Waals surface area contributed by atoms with E-state index in [1.807, 2.05) is 30.5 Å². The molecule has 0 aliphatic rings. The molecule has 0 spiro atoms. The number of amides is 3. The molecular formula is C23H33N5O7S. The van der Waals surface area contributed by atoms with E-state index < -0.39 is 60.6 Å². The molecule has 9 N–H and O–H groups in total. The highest BCUT2D eigenvalue weighted by molar-refractivity contribution is 7.98. The van der Waals surface area contributed by atoms with Crippen LogP contribution in [-0.4, -0.2) is 92.9 Å². The van der Waals surface area contributed by atoms with Crippen molar-refractivity contribution in [2.75, 3.05) is 18.6 Å². The SMILES string of the molecule is CSCCC(NC(=O)C(Cc1c[nH]c2ccccc12)NC(=O)C(N)CO)C(=O)NC(C(=O)O)C(C)O. The summed E-state index contributed by atoms with van der Waals surface area (Å²) in [4.78, 5) is 53.0. The quantitative estimate of drug-likeness (QED) is 0.148. The number of hydrogen-bond acceptors (Lipinski definition) is 8. The van der Waals surface area contributed by atoms with E-state index in [-0.39, 0.29) is 12.8 Å². The van der Waals surface area contributed by atoms with Crippen LogP contribution in [0.15, 0.2) is 30.5 Å². The van der Waals surface area contributed by atoms with Crippen molar-refractivity contribution in [1.82, 2.24) is 20.9 Å². The number of carboxylic acids is 1. The van der Waals surface area contributed by atoms with Crippen molar-refractivity contribution in [2.24, 2.45) is 5.73 Å². The normalized spacial score (nSPS) is 15.4. The number of rotatable bonds is 14. The molecule has 2 rings (SSSR count). The first kappa shape index (κ1) is 29.1. The van der Waals surface area contributed by atoms with E-state index in [4.69, 9.17) is 5.73 Å². The first-order chi connectivity index (χ1) is 17.1. The third kappa shape index (κ3) is 7.95. The highest BCUT2D eigenvalue weighted by Gasteiger charge is 2.32. The molecule has 5 atom stereocenters. The van der Waals surface area contributed by atoms with Crippen LogP contribution in [0.5, 0.6) is 0 Å². The number of aromatic nitrogens is 1. The zero-order valence-corrected chi connectivity index (χ0v) is 20.9. The van der Waals surface area contributed by atoms with E-state index in [1.165, 1.54) is 18.7 Å². The fourth-order valence-electron chi connectivity index (χ4n) is 3.51. The summed E-state index contributed by atoms with van der Waals surface area (Å²) in [5.41, 5.74) is 7.17. The molecule has 2 aromatic rings. The second-order valence-electron chi connectivity index (χ2n) is 8.32. The van der Waals surface area contributed by atoms with Crippen LogP contribution in [0.25, 0.3) is 10.9 Å². The van der Waals surface area contributed by atoms with Gasteiger partial charge in [-0.1, -0.05) is 18.2 Å². The number of fused-ring (bicyclic) bond motifs is 1. The minimum absolute atomic E-state index is 0.0576. The van der Waals surface area contributed by atoms with Gasteiger partial charge >= 0.3 is 5.97 Å². The van der Waals surface area contributed by atoms with Gasteiger partial charge in [0.1, 0.15) is 18.1 Å². The maximum Gasteiger partial charge on any atom is 0.328 e. The van der Waals surface area contributed by atoms with Crippen molar-refractivity contribution in [3.8, 4) is 0 Å². The van der Waals surface area contributed by atoms with Crippen LogP contribution in [0.3, 0.4) is 0 Å². The number of H-pyrrole nitrogens is 1. The van der Waals surface area contributed by atoms with Crippen molar-refractivity contribution in [2.45, 2.75) is 50.0 Å². The number of carboxylic acid groups (broad SMARTS) is 1. The highest BCUT2D eigenvalue weighted by atomic mass is 32.2. The summed E-state index contributed by atoms with van der Waals surface area (Å²) in [7, 11) is 0. The number of carbonyl (C=O) groups is 4. The predicted octanol–water partition coefficient (Wildman–Crippen LogP) is -1.30. The zero-order valence-electron chi connectivity index (χ0n) is 20.1. The number of aliphatic carboxylic acids is 1. The number of thioether (sulfide) groups is 1. The molecule has 13 heteroatoms. The summed E-state index contributed by atoms with van der Waals surface area (Å²) in [6.07, 6.45) is 2.39. The Hall–Kier alpha value is -3.13. The van der Waals surface area contributed by atoms with Crippen molar-refractivity contribution < 1.29 is 34.5 Å². The van der Waals surface area contributed by atoms with E-state index >= 15 is 0 Å². The van der Waals surface area contributed by atoms with Crippen molar-refractivity contribution in [1.29, 1.82) is 0 Å². The first-order valence-electron chi connectivity index (χ1n) is 11.3. The molecule has 36 heavy (non-hydrogen) atoms. The number of carbonyl (C=O) groups excluding carboxylic acids is 3. The second-order valence-corrected chi connectivity index (χ2v) is 9.31. The zero-order chi connectivity index (χ0) is 26.8. The molecule has 12 nitrogen and oxygen atoms in total. The third-order valence-corrected chi connectivity index (χ3v) is 6.20. The summed E-state index contributed by atoms with van der Waals surface area (Å²) in [5.74, 6) is -3.17. The highest BCUT2D eigenvalue weighted by Crippen LogP contribution is 2.19. The number of nitrogens with two attached hydrogens (primary N) is 1. The fraction of sp³-hybridized carbons (Fsp3) is 0.478. The Morgan fingerprint density at radius 2 is 1.69 bits per heavy atom. The summed E-state index contributed by atoms with van der Waals surface area (Å²) in [6.45, 7) is 0.605. The molecule has 0 aliphatic heterocycles. The van der Waals surface area contributed by atoms with E-state index in [9.17, 15) is 34.5 Å². The molecule has 0 bridgehead atoms. The number of aliphatic hydroxyl groups excluding tert-OH is 2. The predicted molar refractivity (Wildman–Crippen MR) is 135 cm³/mol. The lowest BCUT2D eigenvalue weighted by Gasteiger charge is -2.25. The Bertz CT molecular complexity index is 1060. The average molecular weight is 524 g/mol. The van der Waals surface area contributed by atoms with Gasteiger partial charge < -0.3 is 42.0 Å².